The molecule has 1 saturated carbocycles. The zero-order valence-electron chi connectivity index (χ0n) is 14.4. The van der Waals surface area contributed by atoms with Crippen LogP contribution in [0.4, 0.5) is 0 Å². The van der Waals surface area contributed by atoms with Gasteiger partial charge in [0.05, 0.1) is 5.92 Å². The van der Waals surface area contributed by atoms with Crippen LogP contribution in [0.25, 0.3) is 11.4 Å². The molecule has 0 aliphatic heterocycles. The first kappa shape index (κ1) is 17.1. The van der Waals surface area contributed by atoms with E-state index in [-0.39, 0.29) is 29.7 Å². The SMILES string of the molecule is CCC(=O)N[C@H]1C[C@H](C(=O)NC)C[C@H]1c1nc(-c2ccccc2)no1. The molecule has 2 aromatic rings. The summed E-state index contributed by atoms with van der Waals surface area (Å²) in [5.74, 6) is 0.564. The van der Waals surface area contributed by atoms with Crippen molar-refractivity contribution in [2.24, 2.45) is 5.92 Å². The maximum atomic E-state index is 12.0. The quantitative estimate of drug-likeness (QED) is 0.864. The summed E-state index contributed by atoms with van der Waals surface area (Å²) >= 11 is 0. The lowest BCUT2D eigenvalue weighted by Gasteiger charge is -2.17. The molecule has 0 saturated heterocycles. The lowest BCUT2D eigenvalue weighted by Crippen LogP contribution is -2.36. The summed E-state index contributed by atoms with van der Waals surface area (Å²) < 4.78 is 5.47. The predicted octanol–water partition coefficient (Wildman–Crippen LogP) is 1.87. The van der Waals surface area contributed by atoms with Gasteiger partial charge in [-0.05, 0) is 12.8 Å². The number of carbonyl (C=O) groups is 2. The van der Waals surface area contributed by atoms with E-state index in [1.54, 1.807) is 14.0 Å². The highest BCUT2D eigenvalue weighted by Crippen LogP contribution is 2.38. The Morgan fingerprint density at radius 3 is 2.68 bits per heavy atom. The minimum Gasteiger partial charge on any atom is -0.359 e. The van der Waals surface area contributed by atoms with Gasteiger partial charge in [-0.3, -0.25) is 9.59 Å². The van der Waals surface area contributed by atoms with Crippen molar-refractivity contribution in [3.05, 3.63) is 36.2 Å². The van der Waals surface area contributed by atoms with Crippen LogP contribution in [0.15, 0.2) is 34.9 Å². The summed E-state index contributed by atoms with van der Waals surface area (Å²) in [6.07, 6.45) is 1.54. The fourth-order valence-corrected chi connectivity index (χ4v) is 3.29. The Morgan fingerprint density at radius 1 is 1.24 bits per heavy atom. The van der Waals surface area contributed by atoms with Crippen LogP contribution in [-0.2, 0) is 9.59 Å². The lowest BCUT2D eigenvalue weighted by molar-refractivity contribution is -0.125. The van der Waals surface area contributed by atoms with Crippen LogP contribution < -0.4 is 10.6 Å². The molecule has 1 aromatic heterocycles. The van der Waals surface area contributed by atoms with Gasteiger partial charge in [-0.1, -0.05) is 42.4 Å². The predicted molar refractivity (Wildman–Crippen MR) is 91.5 cm³/mol. The number of nitrogens with one attached hydrogen (secondary N) is 2. The Morgan fingerprint density at radius 2 is 2.00 bits per heavy atom. The van der Waals surface area contributed by atoms with Gasteiger partial charge in [-0.15, -0.1) is 0 Å². The van der Waals surface area contributed by atoms with Gasteiger partial charge in [-0.25, -0.2) is 0 Å². The minimum atomic E-state index is -0.182. The summed E-state index contributed by atoms with van der Waals surface area (Å²) in [6.45, 7) is 1.80. The smallest absolute Gasteiger partial charge is 0.232 e. The van der Waals surface area contributed by atoms with Crippen LogP contribution >= 0.6 is 0 Å². The Balaban J connectivity index is 1.83. The van der Waals surface area contributed by atoms with E-state index in [2.05, 4.69) is 20.8 Å². The molecule has 3 atom stereocenters. The van der Waals surface area contributed by atoms with Gasteiger partial charge < -0.3 is 15.2 Å². The molecule has 0 radical (unpaired) electrons. The highest BCUT2D eigenvalue weighted by atomic mass is 16.5. The Kier molecular flexibility index (Phi) is 5.11. The van der Waals surface area contributed by atoms with Crippen LogP contribution in [0.1, 0.15) is 38.0 Å². The maximum Gasteiger partial charge on any atom is 0.232 e. The van der Waals surface area contributed by atoms with E-state index in [1.807, 2.05) is 30.3 Å². The molecule has 1 fully saturated rings. The van der Waals surface area contributed by atoms with Crippen LogP contribution in [0.5, 0.6) is 0 Å². The molecule has 1 heterocycles. The second kappa shape index (κ2) is 7.46. The standard InChI is InChI=1S/C18H22N4O3/c1-3-15(23)20-14-10-12(17(24)19-2)9-13(14)18-21-16(22-25-18)11-7-5-4-6-8-11/h4-8,12-14H,3,9-10H2,1-2H3,(H,19,24)(H,20,23)/t12-,13-,14+/m1/s1. The molecule has 2 amide bonds. The van der Waals surface area contributed by atoms with Gasteiger partial charge >= 0.3 is 0 Å². The number of hydrogen-bond donors (Lipinski definition) is 2. The molecular weight excluding hydrogens is 320 g/mol. The fraction of sp³-hybridized carbons (Fsp3) is 0.444. The van der Waals surface area contributed by atoms with Crippen molar-refractivity contribution < 1.29 is 14.1 Å². The van der Waals surface area contributed by atoms with Crippen molar-refractivity contribution in [2.75, 3.05) is 7.05 Å². The number of nitrogens with zero attached hydrogens (tertiary/aromatic N) is 2. The highest BCUT2D eigenvalue weighted by molar-refractivity contribution is 5.80. The largest absolute Gasteiger partial charge is 0.359 e. The van der Waals surface area contributed by atoms with Crippen molar-refractivity contribution in [1.29, 1.82) is 0 Å². The normalized spacial score (nSPS) is 22.6. The van der Waals surface area contributed by atoms with Gasteiger partial charge in [0.15, 0.2) is 0 Å². The topological polar surface area (TPSA) is 97.1 Å². The average Bonchev–Trinajstić information content (AvgIpc) is 3.28. The molecule has 132 valence electrons. The number of rotatable bonds is 5. The van der Waals surface area contributed by atoms with E-state index in [1.165, 1.54) is 0 Å². The van der Waals surface area contributed by atoms with E-state index in [0.29, 0.717) is 31.0 Å². The summed E-state index contributed by atoms with van der Waals surface area (Å²) in [6, 6.07) is 9.38. The monoisotopic (exact) mass is 342 g/mol. The van der Waals surface area contributed by atoms with Crippen LogP contribution in [0, 0.1) is 5.92 Å². The Bertz CT molecular complexity index is 744. The molecule has 7 nitrogen and oxygen atoms in total. The summed E-state index contributed by atoms with van der Waals surface area (Å²) in [4.78, 5) is 28.4. The zero-order chi connectivity index (χ0) is 17.8. The minimum absolute atomic E-state index is 0.0268. The highest BCUT2D eigenvalue weighted by Gasteiger charge is 2.42. The van der Waals surface area contributed by atoms with Crippen molar-refractivity contribution >= 4 is 11.8 Å². The molecule has 3 rings (SSSR count). The third kappa shape index (κ3) is 3.70. The third-order valence-corrected chi connectivity index (χ3v) is 4.64. The van der Waals surface area contributed by atoms with E-state index in [9.17, 15) is 9.59 Å². The molecule has 2 N–H and O–H groups in total. The molecule has 25 heavy (non-hydrogen) atoms. The molecule has 7 heteroatoms. The zero-order valence-corrected chi connectivity index (χ0v) is 14.4. The fourth-order valence-electron chi connectivity index (χ4n) is 3.29. The molecule has 0 bridgehead atoms. The van der Waals surface area contributed by atoms with Gasteiger partial charge in [0.2, 0.25) is 23.5 Å². The van der Waals surface area contributed by atoms with Crippen LogP contribution in [0.3, 0.4) is 0 Å². The number of benzene rings is 1. The maximum absolute atomic E-state index is 12.0. The molecule has 1 aliphatic rings. The van der Waals surface area contributed by atoms with E-state index < -0.39 is 0 Å². The van der Waals surface area contributed by atoms with Gasteiger partial charge in [0.25, 0.3) is 0 Å². The van der Waals surface area contributed by atoms with Crippen molar-refractivity contribution in [3.63, 3.8) is 0 Å². The van der Waals surface area contributed by atoms with Crippen molar-refractivity contribution in [1.82, 2.24) is 20.8 Å². The summed E-state index contributed by atoms with van der Waals surface area (Å²) in [5, 5.41) is 9.72. The van der Waals surface area contributed by atoms with Crippen LogP contribution in [-0.4, -0.2) is 35.0 Å². The number of hydrogen-bond acceptors (Lipinski definition) is 5. The second-order valence-electron chi connectivity index (χ2n) is 6.24. The first-order valence-electron chi connectivity index (χ1n) is 8.52. The van der Waals surface area contributed by atoms with Gasteiger partial charge in [0.1, 0.15) is 0 Å². The van der Waals surface area contributed by atoms with E-state index in [0.717, 1.165) is 5.56 Å². The number of carbonyl (C=O) groups excluding carboxylic acids is 2. The summed E-state index contributed by atoms with van der Waals surface area (Å²) in [5.41, 5.74) is 0.868. The van der Waals surface area contributed by atoms with E-state index >= 15 is 0 Å². The molecule has 0 spiro atoms. The third-order valence-electron chi connectivity index (χ3n) is 4.64. The lowest BCUT2D eigenvalue weighted by atomic mass is 10.0. The average molecular weight is 342 g/mol. The Hall–Kier alpha value is -2.70. The number of amides is 2. The first-order valence-corrected chi connectivity index (χ1v) is 8.52. The molecular formula is C18H22N4O3. The molecule has 1 aromatic carbocycles. The first-order chi connectivity index (χ1) is 12.1. The van der Waals surface area contributed by atoms with Gasteiger partial charge in [0, 0.05) is 31.0 Å². The summed E-state index contributed by atoms with van der Waals surface area (Å²) in [7, 11) is 1.62. The van der Waals surface area contributed by atoms with Crippen LogP contribution in [0.2, 0.25) is 0 Å². The van der Waals surface area contributed by atoms with Crippen molar-refractivity contribution in [3.8, 4) is 11.4 Å². The molecule has 1 aliphatic carbocycles. The Labute approximate surface area is 146 Å². The number of aromatic nitrogens is 2. The van der Waals surface area contributed by atoms with Crippen molar-refractivity contribution in [2.45, 2.75) is 38.1 Å². The second-order valence-corrected chi connectivity index (χ2v) is 6.24. The van der Waals surface area contributed by atoms with E-state index in [4.69, 9.17) is 4.52 Å². The van der Waals surface area contributed by atoms with Gasteiger partial charge in [-0.2, -0.15) is 4.98 Å². The molecule has 0 unspecified atom stereocenters.